The molecule has 0 aliphatic heterocycles. The molecule has 1 aromatic carbocycles. The molecule has 0 unspecified atom stereocenters. The van der Waals surface area contributed by atoms with E-state index in [1.54, 1.807) is 0 Å². The molecule has 1 rings (SSSR count). The molecule has 0 aromatic heterocycles. The highest BCUT2D eigenvalue weighted by Gasteiger charge is 2.17. The van der Waals surface area contributed by atoms with Crippen molar-refractivity contribution < 1.29 is 17.8 Å². The van der Waals surface area contributed by atoms with Gasteiger partial charge in [0.1, 0.15) is 4.90 Å². The Bertz CT molecular complexity index is 556. The van der Waals surface area contributed by atoms with Crippen LogP contribution in [0, 0.1) is 6.92 Å². The van der Waals surface area contributed by atoms with Crippen LogP contribution < -0.4 is 10.6 Å². The summed E-state index contributed by atoms with van der Waals surface area (Å²) in [5.74, 6) is 0. The number of anilines is 1. The Kier molecular flexibility index (Phi) is 3.97. The first-order valence-electron chi connectivity index (χ1n) is 4.52. The fraction of sp³-hybridized carbons (Fsp3) is 0.222. The number of amides is 2. The molecule has 0 atom stereocenters. The Hall–Kier alpha value is -1.31. The maximum atomic E-state index is 11.1. The van der Waals surface area contributed by atoms with E-state index in [0.717, 1.165) is 6.07 Å². The summed E-state index contributed by atoms with van der Waals surface area (Å²) in [6.07, 6.45) is 0. The lowest BCUT2D eigenvalue weighted by atomic mass is 10.2. The molecule has 0 spiro atoms. The Labute approximate surface area is 104 Å². The number of benzene rings is 1. The van der Waals surface area contributed by atoms with Gasteiger partial charge in [-0.3, -0.25) is 4.55 Å². The Morgan fingerprint density at radius 1 is 1.41 bits per heavy atom. The lowest BCUT2D eigenvalue weighted by molar-refractivity contribution is 0.254. The van der Waals surface area contributed by atoms with Crippen LogP contribution >= 0.6 is 11.6 Å². The zero-order valence-corrected chi connectivity index (χ0v) is 10.7. The SMILES string of the molecule is CNC(=O)Nc1cc(Cl)c(C)c(S(=O)(=O)O)c1. The molecule has 0 heterocycles. The van der Waals surface area contributed by atoms with E-state index in [1.807, 2.05) is 0 Å². The first-order chi connectivity index (χ1) is 7.75. The van der Waals surface area contributed by atoms with Crippen molar-refractivity contribution in [2.24, 2.45) is 0 Å². The van der Waals surface area contributed by atoms with Crippen LogP contribution in [-0.4, -0.2) is 26.0 Å². The molecule has 1 aromatic rings. The fourth-order valence-electron chi connectivity index (χ4n) is 1.19. The normalized spacial score (nSPS) is 11.1. The van der Waals surface area contributed by atoms with E-state index in [4.69, 9.17) is 16.2 Å². The van der Waals surface area contributed by atoms with E-state index in [-0.39, 0.29) is 21.2 Å². The van der Waals surface area contributed by atoms with Gasteiger partial charge < -0.3 is 10.6 Å². The van der Waals surface area contributed by atoms with E-state index < -0.39 is 16.1 Å². The molecule has 6 nitrogen and oxygen atoms in total. The molecule has 17 heavy (non-hydrogen) atoms. The summed E-state index contributed by atoms with van der Waals surface area (Å²) in [4.78, 5) is 10.7. The maximum Gasteiger partial charge on any atom is 0.318 e. The van der Waals surface area contributed by atoms with Crippen LogP contribution in [0.3, 0.4) is 0 Å². The van der Waals surface area contributed by atoms with Crippen LogP contribution in [0.25, 0.3) is 0 Å². The molecule has 0 aliphatic carbocycles. The first kappa shape index (κ1) is 13.8. The second-order valence-corrected chi connectivity index (χ2v) is 5.06. The molecule has 0 fully saturated rings. The minimum absolute atomic E-state index is 0.131. The summed E-state index contributed by atoms with van der Waals surface area (Å²) in [7, 11) is -2.97. The summed E-state index contributed by atoms with van der Waals surface area (Å²) in [5, 5.41) is 4.79. The maximum absolute atomic E-state index is 11.1. The highest BCUT2D eigenvalue weighted by Crippen LogP contribution is 2.27. The van der Waals surface area contributed by atoms with Gasteiger partial charge in [-0.25, -0.2) is 4.79 Å². The van der Waals surface area contributed by atoms with Crippen molar-refractivity contribution in [3.05, 3.63) is 22.7 Å². The van der Waals surface area contributed by atoms with Crippen LogP contribution in [0.2, 0.25) is 5.02 Å². The largest absolute Gasteiger partial charge is 0.341 e. The number of halogens is 1. The van der Waals surface area contributed by atoms with Crippen molar-refractivity contribution in [1.82, 2.24) is 5.32 Å². The van der Waals surface area contributed by atoms with Gasteiger partial charge in [0, 0.05) is 17.8 Å². The predicted octanol–water partition coefficient (Wildman–Crippen LogP) is 1.65. The predicted molar refractivity (Wildman–Crippen MR) is 64.1 cm³/mol. The van der Waals surface area contributed by atoms with Gasteiger partial charge in [0.25, 0.3) is 10.1 Å². The van der Waals surface area contributed by atoms with E-state index >= 15 is 0 Å². The molecule has 0 aliphatic rings. The summed E-state index contributed by atoms with van der Waals surface area (Å²) < 4.78 is 31.2. The molecule has 3 N–H and O–H groups in total. The number of hydrogen-bond acceptors (Lipinski definition) is 3. The third kappa shape index (κ3) is 3.32. The second kappa shape index (κ2) is 4.91. The van der Waals surface area contributed by atoms with E-state index in [9.17, 15) is 13.2 Å². The van der Waals surface area contributed by atoms with Crippen molar-refractivity contribution >= 4 is 33.4 Å². The zero-order chi connectivity index (χ0) is 13.2. The number of rotatable bonds is 2. The molecule has 0 radical (unpaired) electrons. The van der Waals surface area contributed by atoms with Crippen LogP contribution in [0.1, 0.15) is 5.56 Å². The minimum Gasteiger partial charge on any atom is -0.341 e. The van der Waals surface area contributed by atoms with Crippen molar-refractivity contribution in [2.75, 3.05) is 12.4 Å². The second-order valence-electron chi connectivity index (χ2n) is 3.26. The summed E-state index contributed by atoms with van der Waals surface area (Å²) >= 11 is 5.80. The lowest BCUT2D eigenvalue weighted by Crippen LogP contribution is -2.24. The quantitative estimate of drug-likeness (QED) is 0.717. The first-order valence-corrected chi connectivity index (χ1v) is 6.34. The number of hydrogen-bond donors (Lipinski definition) is 3. The van der Waals surface area contributed by atoms with Crippen molar-refractivity contribution in [1.29, 1.82) is 0 Å². The van der Waals surface area contributed by atoms with E-state index in [2.05, 4.69) is 10.6 Å². The van der Waals surface area contributed by atoms with Gasteiger partial charge >= 0.3 is 6.03 Å². The molecule has 94 valence electrons. The van der Waals surface area contributed by atoms with E-state index in [0.29, 0.717) is 0 Å². The Morgan fingerprint density at radius 2 is 2.00 bits per heavy atom. The average molecular weight is 279 g/mol. The summed E-state index contributed by atoms with van der Waals surface area (Å²) in [6.45, 7) is 1.45. The summed E-state index contributed by atoms with van der Waals surface area (Å²) in [5.41, 5.74) is 0.393. The molecule has 0 saturated heterocycles. The Morgan fingerprint density at radius 3 is 2.47 bits per heavy atom. The molecular formula is C9H11ClN2O4S. The monoisotopic (exact) mass is 278 g/mol. The van der Waals surface area contributed by atoms with Gasteiger partial charge in [-0.2, -0.15) is 8.42 Å². The smallest absolute Gasteiger partial charge is 0.318 e. The zero-order valence-electron chi connectivity index (χ0n) is 9.11. The number of urea groups is 1. The third-order valence-corrected chi connectivity index (χ3v) is 3.43. The van der Waals surface area contributed by atoms with Gasteiger partial charge in [0.2, 0.25) is 0 Å². The van der Waals surface area contributed by atoms with Crippen LogP contribution in [0.15, 0.2) is 17.0 Å². The molecular weight excluding hydrogens is 268 g/mol. The molecule has 8 heteroatoms. The van der Waals surface area contributed by atoms with Crippen molar-refractivity contribution in [3.8, 4) is 0 Å². The van der Waals surface area contributed by atoms with Gasteiger partial charge in [0.15, 0.2) is 0 Å². The number of carbonyl (C=O) groups excluding carboxylic acids is 1. The average Bonchev–Trinajstić information content (AvgIpc) is 2.21. The van der Waals surface area contributed by atoms with Crippen LogP contribution in [-0.2, 0) is 10.1 Å². The molecule has 2 amide bonds. The summed E-state index contributed by atoms with van der Waals surface area (Å²) in [6, 6.07) is 2.00. The number of carbonyl (C=O) groups is 1. The third-order valence-electron chi connectivity index (χ3n) is 2.06. The van der Waals surface area contributed by atoms with Gasteiger partial charge in [-0.1, -0.05) is 11.6 Å². The lowest BCUT2D eigenvalue weighted by Gasteiger charge is -2.09. The van der Waals surface area contributed by atoms with Crippen molar-refractivity contribution in [2.45, 2.75) is 11.8 Å². The van der Waals surface area contributed by atoms with Crippen LogP contribution in [0.4, 0.5) is 10.5 Å². The highest BCUT2D eigenvalue weighted by atomic mass is 35.5. The fourth-order valence-corrected chi connectivity index (χ4v) is 2.24. The van der Waals surface area contributed by atoms with Crippen LogP contribution in [0.5, 0.6) is 0 Å². The highest BCUT2D eigenvalue weighted by molar-refractivity contribution is 7.85. The number of nitrogens with one attached hydrogen (secondary N) is 2. The van der Waals surface area contributed by atoms with Crippen molar-refractivity contribution in [3.63, 3.8) is 0 Å². The van der Waals surface area contributed by atoms with Gasteiger partial charge in [-0.15, -0.1) is 0 Å². The minimum atomic E-state index is -4.38. The van der Waals surface area contributed by atoms with E-state index in [1.165, 1.54) is 20.0 Å². The topological polar surface area (TPSA) is 95.5 Å². The molecule has 0 saturated carbocycles. The molecule has 0 bridgehead atoms. The Balaban J connectivity index is 3.29. The van der Waals surface area contributed by atoms with Gasteiger partial charge in [0.05, 0.1) is 0 Å². The van der Waals surface area contributed by atoms with Gasteiger partial charge in [-0.05, 0) is 24.6 Å². The standard InChI is InChI=1S/C9H11ClN2O4S/c1-5-7(10)3-6(12-9(13)11-2)4-8(5)17(14,15)16/h3-4H,1-2H3,(H2,11,12,13)(H,14,15,16).